The van der Waals surface area contributed by atoms with Gasteiger partial charge >= 0.3 is 5.97 Å². The van der Waals surface area contributed by atoms with Crippen molar-refractivity contribution < 1.29 is 50.5 Å². The maximum Gasteiger partial charge on any atom is 0.329 e. The van der Waals surface area contributed by atoms with Gasteiger partial charge in [-0.1, -0.05) is 81.6 Å². The van der Waals surface area contributed by atoms with E-state index in [1.54, 1.807) is 71.0 Å². The van der Waals surface area contributed by atoms with Gasteiger partial charge in [0.05, 0.1) is 37.2 Å². The van der Waals surface area contributed by atoms with E-state index in [1.807, 2.05) is 7.05 Å². The van der Waals surface area contributed by atoms with Gasteiger partial charge < -0.3 is 44.9 Å². The van der Waals surface area contributed by atoms with Crippen LogP contribution >= 0.6 is 12.4 Å². The zero-order valence-electron chi connectivity index (χ0n) is 46.4. The van der Waals surface area contributed by atoms with E-state index in [2.05, 4.69) is 64.5 Å². The zero-order valence-corrected chi connectivity index (χ0v) is 48.9. The Morgan fingerprint density at radius 1 is 0.584 bits per heavy atom. The van der Waals surface area contributed by atoms with Gasteiger partial charge in [-0.25, -0.2) is 21.6 Å². The van der Waals surface area contributed by atoms with Crippen molar-refractivity contribution in [1.29, 1.82) is 0 Å². The molecule has 2 fully saturated rings. The Hall–Kier alpha value is -4.67. The van der Waals surface area contributed by atoms with Gasteiger partial charge in [0.1, 0.15) is 24.7 Å². The number of carbonyl (C=O) groups excluding carboxylic acids is 1. The quantitative estimate of drug-likeness (QED) is 0.0438. The van der Waals surface area contributed by atoms with Gasteiger partial charge in [-0.3, -0.25) is 4.79 Å². The largest absolute Gasteiger partial charge is 0.497 e. The molecule has 0 saturated heterocycles. The van der Waals surface area contributed by atoms with E-state index >= 15 is 0 Å². The van der Waals surface area contributed by atoms with Crippen LogP contribution in [0.2, 0.25) is 0 Å². The molecule has 6 rings (SSSR count). The molecule has 1 amide bonds. The molecule has 4 aromatic carbocycles. The molecule has 0 aliphatic heterocycles. The fourth-order valence-corrected chi connectivity index (χ4v) is 12.2. The third-order valence-corrected chi connectivity index (χ3v) is 17.7. The molecule has 17 nitrogen and oxygen atoms in total. The van der Waals surface area contributed by atoms with Crippen LogP contribution in [0.15, 0.2) is 82.6 Å². The number of ether oxygens (including phenoxy) is 4. The average molecular weight is 1130 g/mol. The summed E-state index contributed by atoms with van der Waals surface area (Å²) < 4.78 is 74.6. The molecule has 4 aromatic rings. The van der Waals surface area contributed by atoms with E-state index in [9.17, 15) is 26.4 Å². The highest BCUT2D eigenvalue weighted by Crippen LogP contribution is 2.29. The van der Waals surface area contributed by atoms with Crippen molar-refractivity contribution in [3.8, 4) is 11.5 Å². The maximum absolute atomic E-state index is 13.1. The van der Waals surface area contributed by atoms with Crippen molar-refractivity contribution in [3.05, 3.63) is 117 Å². The second-order valence-corrected chi connectivity index (χ2v) is 23.4. The number of nitrogens with one attached hydrogen (secondary N) is 3. The number of hydrogen-bond donors (Lipinski definition) is 4. The van der Waals surface area contributed by atoms with Gasteiger partial charge in [0.15, 0.2) is 0 Å². The van der Waals surface area contributed by atoms with Gasteiger partial charge in [0.25, 0.3) is 0 Å². The summed E-state index contributed by atoms with van der Waals surface area (Å²) in [7, 11) is 2.38. The molecule has 0 heterocycles. The number of aliphatic carboxylic acids is 1. The fraction of sp³-hybridized carbons (Fsp3) is 0.544. The van der Waals surface area contributed by atoms with E-state index in [1.165, 1.54) is 93.6 Å². The molecule has 20 heteroatoms. The number of likely N-dealkylation sites (N-methyl/N-ethyl adjacent to an activating group) is 3. The molecule has 77 heavy (non-hydrogen) atoms. The molecule has 2 aliphatic rings. The highest BCUT2D eigenvalue weighted by atomic mass is 35.5. The maximum atomic E-state index is 13.1. The Labute approximate surface area is 467 Å². The third-order valence-electron chi connectivity index (χ3n) is 13.4. The summed E-state index contributed by atoms with van der Waals surface area (Å²) in [5.74, 6) is -0.0251. The first kappa shape index (κ1) is 68.4. The Kier molecular flexibility index (Phi) is 30.5. The number of benzene rings is 4. The number of carbonyl (C=O) groups is 2. The monoisotopic (exact) mass is 1130 g/mol. The molecule has 0 unspecified atom stereocenters. The number of amides is 1. The van der Waals surface area contributed by atoms with Crippen LogP contribution < -0.4 is 25.4 Å². The number of carboxylic acid groups (broad SMARTS) is 1. The van der Waals surface area contributed by atoms with E-state index in [4.69, 9.17) is 24.1 Å². The van der Waals surface area contributed by atoms with Crippen LogP contribution in [0, 0.1) is 27.7 Å². The molecule has 0 atom stereocenters. The summed E-state index contributed by atoms with van der Waals surface area (Å²) in [6, 6.07) is 25.3. The lowest BCUT2D eigenvalue weighted by Crippen LogP contribution is -2.33. The van der Waals surface area contributed by atoms with Gasteiger partial charge in [0, 0.05) is 72.5 Å². The minimum Gasteiger partial charge on any atom is -0.497 e. The van der Waals surface area contributed by atoms with Crippen molar-refractivity contribution >= 4 is 44.3 Å². The van der Waals surface area contributed by atoms with Crippen molar-refractivity contribution in [2.75, 3.05) is 81.9 Å². The summed E-state index contributed by atoms with van der Waals surface area (Å²) >= 11 is 0. The van der Waals surface area contributed by atoms with E-state index < -0.39 is 32.6 Å². The lowest BCUT2D eigenvalue weighted by atomic mass is 10.1. The minimum absolute atomic E-state index is 0. The highest BCUT2D eigenvalue weighted by Gasteiger charge is 2.27. The predicted molar refractivity (Wildman–Crippen MR) is 308 cm³/mol. The summed E-state index contributed by atoms with van der Waals surface area (Å²) in [5, 5.41) is 18.9. The molecule has 0 aromatic heterocycles. The molecular weight excluding hydrogens is 1040 g/mol. The SMILES string of the molecule is C.CNCc1ccc(CNC2CCCC2)cc1.COc1cc(C)c(S(=O)(=O)N(C)CCOCC(=O)N(C)Cc2ccc(CNC3CCCC3)cc2)c(C)c1.COc1cc(C)c(S(=O)(=O)N(C)CCOCC(=O)O)c(C)c1.Cl. The van der Waals surface area contributed by atoms with Crippen LogP contribution in [0.25, 0.3) is 0 Å². The first-order valence-corrected chi connectivity index (χ1v) is 28.7. The number of aryl methyl sites for hydroxylation is 4. The lowest BCUT2D eigenvalue weighted by molar-refractivity contribution is -0.142. The van der Waals surface area contributed by atoms with Crippen LogP contribution in [-0.4, -0.2) is 141 Å². The van der Waals surface area contributed by atoms with Crippen molar-refractivity contribution in [3.63, 3.8) is 0 Å². The number of hydrogen-bond acceptors (Lipinski definition) is 13. The summed E-state index contributed by atoms with van der Waals surface area (Å²) in [5.41, 5.74) is 7.48. The van der Waals surface area contributed by atoms with Crippen molar-refractivity contribution in [2.45, 2.75) is 135 Å². The van der Waals surface area contributed by atoms with Crippen LogP contribution in [0.3, 0.4) is 0 Å². The van der Waals surface area contributed by atoms with E-state index in [0.29, 0.717) is 46.3 Å². The first-order chi connectivity index (χ1) is 35.7. The number of sulfonamides is 2. The van der Waals surface area contributed by atoms with E-state index in [-0.39, 0.29) is 68.4 Å². The van der Waals surface area contributed by atoms with Crippen molar-refractivity contribution in [1.82, 2.24) is 29.5 Å². The number of carboxylic acids is 1. The van der Waals surface area contributed by atoms with Crippen LogP contribution in [0.4, 0.5) is 0 Å². The second-order valence-electron chi connectivity index (χ2n) is 19.5. The Balaban J connectivity index is 0.000000430. The van der Waals surface area contributed by atoms with Gasteiger partial charge in [-0.15, -0.1) is 12.4 Å². The molecule has 0 bridgehead atoms. The van der Waals surface area contributed by atoms with Gasteiger partial charge in [-0.05, 0) is 129 Å². The topological polar surface area (TPSA) is 205 Å². The second kappa shape index (κ2) is 34.4. The molecule has 2 saturated carbocycles. The number of methoxy groups -OCH3 is 2. The summed E-state index contributed by atoms with van der Waals surface area (Å²) in [6.45, 7) is 10.0. The Morgan fingerprint density at radius 2 is 0.922 bits per heavy atom. The molecule has 0 radical (unpaired) electrons. The summed E-state index contributed by atoms with van der Waals surface area (Å²) in [4.78, 5) is 25.0. The minimum atomic E-state index is -3.70. The van der Waals surface area contributed by atoms with Gasteiger partial charge in [-0.2, -0.15) is 8.61 Å². The van der Waals surface area contributed by atoms with Crippen LogP contribution in [0.5, 0.6) is 11.5 Å². The standard InChI is InChI=1S/C28H41N3O5S.C14H22N2.C14H21NO6S.CH4.ClH/c1-21-16-26(35-5)17-22(2)28(21)37(33,34)31(4)14-15-36-20-27(32)30(3)19-24-12-10-23(11-13-24)18-29-25-8-6-7-9-25;1-15-10-12-6-8-13(9-7-12)11-16-14-4-2-3-5-14;1-10-7-12(20-4)8-11(2)14(10)22(18,19)15(3)5-6-21-9-13(16)17;;/h10-13,16-17,25,29H,6-9,14-15,18-20H2,1-5H3;6-9,14-16H,2-5,10-11H2,1H3;7-8H,5-6,9H2,1-4H3,(H,16,17);1H4;1H. The fourth-order valence-electron chi connectivity index (χ4n) is 9.13. The molecular formula is C57H89ClN6O11S2. The zero-order chi connectivity index (χ0) is 55.1. The third kappa shape index (κ3) is 22.2. The van der Waals surface area contributed by atoms with Gasteiger partial charge in [0.2, 0.25) is 26.0 Å². The number of rotatable bonds is 26. The Bertz CT molecular complexity index is 2580. The predicted octanol–water partition coefficient (Wildman–Crippen LogP) is 8.17. The van der Waals surface area contributed by atoms with Crippen LogP contribution in [-0.2, 0) is 65.3 Å². The molecule has 0 spiro atoms. The highest BCUT2D eigenvalue weighted by molar-refractivity contribution is 7.89. The average Bonchev–Trinajstić information content (AvgIpc) is 4.11. The van der Waals surface area contributed by atoms with Crippen molar-refractivity contribution in [2.24, 2.45) is 0 Å². The molecule has 4 N–H and O–H groups in total. The normalized spacial score (nSPS) is 13.7. The molecule has 432 valence electrons. The first-order valence-electron chi connectivity index (χ1n) is 25.8. The number of nitrogens with zero attached hydrogens (tertiary/aromatic N) is 3. The smallest absolute Gasteiger partial charge is 0.329 e. The number of halogens is 1. The summed E-state index contributed by atoms with van der Waals surface area (Å²) in [6.07, 6.45) is 10.7. The van der Waals surface area contributed by atoms with E-state index in [0.717, 1.165) is 35.5 Å². The Morgan fingerprint density at radius 3 is 1.26 bits per heavy atom. The van der Waals surface area contributed by atoms with Crippen LogP contribution in [0.1, 0.15) is 103 Å². The molecule has 2 aliphatic carbocycles. The lowest BCUT2D eigenvalue weighted by Gasteiger charge is -2.21.